The fourth-order valence-electron chi connectivity index (χ4n) is 5.07. The molecule has 4 nitrogen and oxygen atoms in total. The number of nitrogens with one attached hydrogen (secondary N) is 1. The zero-order chi connectivity index (χ0) is 25.2. The highest BCUT2D eigenvalue weighted by Gasteiger charge is 2.40. The third kappa shape index (κ3) is 5.48. The number of carbonyl (C=O) groups is 2. The first-order chi connectivity index (χ1) is 16.6. The number of hydrogen-bond acceptors (Lipinski definition) is 2. The van der Waals surface area contributed by atoms with Crippen LogP contribution in [0.2, 0.25) is 0 Å². The number of rotatable bonds is 4. The van der Waals surface area contributed by atoms with E-state index in [1.807, 2.05) is 79.4 Å². The minimum absolute atomic E-state index is 0.00668. The highest BCUT2D eigenvalue weighted by molar-refractivity contribution is 5.98. The lowest BCUT2D eigenvalue weighted by molar-refractivity contribution is -0.123. The Hall–Kier alpha value is -3.40. The summed E-state index contributed by atoms with van der Waals surface area (Å²) in [6.07, 6.45) is 1.53. The maximum Gasteiger partial charge on any atom is 0.254 e. The van der Waals surface area contributed by atoms with Crippen molar-refractivity contribution in [3.05, 3.63) is 101 Å². The minimum atomic E-state index is -0.334. The van der Waals surface area contributed by atoms with Gasteiger partial charge in [0.15, 0.2) is 0 Å². The normalized spacial score (nSPS) is 18.3. The predicted octanol–water partition coefficient (Wildman–Crippen LogP) is 6.83. The zero-order valence-electron chi connectivity index (χ0n) is 21.5. The summed E-state index contributed by atoms with van der Waals surface area (Å²) in [7, 11) is 0. The molecule has 0 spiro atoms. The van der Waals surface area contributed by atoms with Crippen molar-refractivity contribution in [3.63, 3.8) is 0 Å². The molecule has 0 bridgehead atoms. The molecule has 2 amide bonds. The van der Waals surface area contributed by atoms with Gasteiger partial charge in [0, 0.05) is 17.8 Å². The lowest BCUT2D eigenvalue weighted by Crippen LogP contribution is -2.46. The van der Waals surface area contributed by atoms with Gasteiger partial charge in [0.1, 0.15) is 0 Å². The van der Waals surface area contributed by atoms with E-state index in [1.165, 1.54) is 5.56 Å². The van der Waals surface area contributed by atoms with E-state index >= 15 is 0 Å². The highest BCUT2D eigenvalue weighted by Crippen LogP contribution is 2.38. The summed E-state index contributed by atoms with van der Waals surface area (Å²) in [6, 6.07) is 23.7. The smallest absolute Gasteiger partial charge is 0.254 e. The van der Waals surface area contributed by atoms with E-state index in [0.717, 1.165) is 35.2 Å². The molecule has 2 atom stereocenters. The Kier molecular flexibility index (Phi) is 7.11. The van der Waals surface area contributed by atoms with Gasteiger partial charge in [-0.25, -0.2) is 0 Å². The maximum atomic E-state index is 13.8. The van der Waals surface area contributed by atoms with Crippen LogP contribution in [0.4, 0.5) is 5.69 Å². The van der Waals surface area contributed by atoms with E-state index < -0.39 is 0 Å². The van der Waals surface area contributed by atoms with Crippen LogP contribution in [0.1, 0.15) is 72.3 Å². The molecular weight excluding hydrogens is 432 g/mol. The lowest BCUT2D eigenvalue weighted by Gasteiger charge is -2.41. The van der Waals surface area contributed by atoms with Crippen LogP contribution in [0.5, 0.6) is 0 Å². The summed E-state index contributed by atoms with van der Waals surface area (Å²) in [5, 5.41) is 3.17. The summed E-state index contributed by atoms with van der Waals surface area (Å²) in [5.74, 6) is -0.384. The Bertz CT molecular complexity index is 1210. The van der Waals surface area contributed by atoms with Gasteiger partial charge in [0.2, 0.25) is 5.91 Å². The molecule has 3 aromatic rings. The van der Waals surface area contributed by atoms with Crippen molar-refractivity contribution in [3.8, 4) is 0 Å². The summed E-state index contributed by atoms with van der Waals surface area (Å²) in [6.45, 7) is 11.1. The Labute approximate surface area is 209 Å². The molecule has 0 saturated carbocycles. The number of aryl methyl sites for hydroxylation is 2. The number of piperidine rings is 1. The second-order valence-corrected chi connectivity index (χ2v) is 10.7. The van der Waals surface area contributed by atoms with Crippen LogP contribution in [0.3, 0.4) is 0 Å². The molecule has 0 radical (unpaired) electrons. The first-order valence-electron chi connectivity index (χ1n) is 12.5. The van der Waals surface area contributed by atoms with E-state index in [4.69, 9.17) is 0 Å². The highest BCUT2D eigenvalue weighted by atomic mass is 16.2. The molecule has 1 aliphatic rings. The maximum absolute atomic E-state index is 13.8. The van der Waals surface area contributed by atoms with Gasteiger partial charge in [0.25, 0.3) is 5.91 Å². The zero-order valence-corrected chi connectivity index (χ0v) is 21.5. The fraction of sp³-hybridized carbons (Fsp3) is 0.355. The molecule has 4 heteroatoms. The number of likely N-dealkylation sites (tertiary alicyclic amines) is 1. The van der Waals surface area contributed by atoms with Crippen LogP contribution in [-0.2, 0) is 10.2 Å². The van der Waals surface area contributed by atoms with Crippen LogP contribution in [0, 0.1) is 19.8 Å². The number of nitrogens with zero attached hydrogens (tertiary/aromatic N) is 1. The molecule has 0 unspecified atom stereocenters. The average Bonchev–Trinajstić information content (AvgIpc) is 2.83. The number of benzene rings is 3. The SMILES string of the molecule is Cc1ccc(C(=O)N2CCC[C@H](C(=O)Nc3cccc(C(C)(C)C)c3)[C@@H]2c2ccccc2)c(C)c1. The first-order valence-corrected chi connectivity index (χ1v) is 12.5. The van der Waals surface area contributed by atoms with Gasteiger partial charge in [-0.15, -0.1) is 0 Å². The fourth-order valence-corrected chi connectivity index (χ4v) is 5.07. The van der Waals surface area contributed by atoms with E-state index in [0.29, 0.717) is 12.1 Å². The van der Waals surface area contributed by atoms with Crippen LogP contribution < -0.4 is 5.32 Å². The third-order valence-electron chi connectivity index (χ3n) is 6.98. The van der Waals surface area contributed by atoms with E-state index in [9.17, 15) is 9.59 Å². The minimum Gasteiger partial charge on any atom is -0.331 e. The number of anilines is 1. The second-order valence-electron chi connectivity index (χ2n) is 10.7. The largest absolute Gasteiger partial charge is 0.331 e. The van der Waals surface area contributed by atoms with E-state index in [-0.39, 0.29) is 29.2 Å². The average molecular weight is 469 g/mol. The molecular formula is C31H36N2O2. The van der Waals surface area contributed by atoms with E-state index in [2.05, 4.69) is 38.2 Å². The summed E-state index contributed by atoms with van der Waals surface area (Å²) in [4.78, 5) is 29.4. The summed E-state index contributed by atoms with van der Waals surface area (Å²) >= 11 is 0. The third-order valence-corrected chi connectivity index (χ3v) is 6.98. The molecule has 1 N–H and O–H groups in total. The Morgan fingerprint density at radius 1 is 0.914 bits per heavy atom. The Morgan fingerprint density at radius 2 is 1.66 bits per heavy atom. The monoisotopic (exact) mass is 468 g/mol. The van der Waals surface area contributed by atoms with Crippen LogP contribution in [0.25, 0.3) is 0 Å². The van der Waals surface area contributed by atoms with Crippen molar-refractivity contribution in [2.24, 2.45) is 5.92 Å². The van der Waals surface area contributed by atoms with Crippen molar-refractivity contribution in [1.82, 2.24) is 4.90 Å². The van der Waals surface area contributed by atoms with Crippen LogP contribution in [0.15, 0.2) is 72.8 Å². The number of amides is 2. The standard InChI is InChI=1S/C31H36N2O2/c1-21-16-17-26(22(2)19-21)30(35)33-18-10-15-27(28(33)23-11-7-6-8-12-23)29(34)32-25-14-9-13-24(20-25)31(3,4)5/h6-9,11-14,16-17,19-20,27-28H,10,15,18H2,1-5H3,(H,32,34)/t27-,28-/m0/s1. The molecule has 35 heavy (non-hydrogen) atoms. The van der Waals surface area contributed by atoms with Gasteiger partial charge < -0.3 is 10.2 Å². The van der Waals surface area contributed by atoms with Gasteiger partial charge >= 0.3 is 0 Å². The van der Waals surface area contributed by atoms with Crippen LogP contribution >= 0.6 is 0 Å². The van der Waals surface area contributed by atoms with Gasteiger partial charge in [-0.3, -0.25) is 9.59 Å². The molecule has 3 aromatic carbocycles. The Balaban J connectivity index is 1.67. The molecule has 1 heterocycles. The quantitative estimate of drug-likeness (QED) is 0.456. The van der Waals surface area contributed by atoms with Crippen molar-refractivity contribution >= 4 is 17.5 Å². The summed E-state index contributed by atoms with van der Waals surface area (Å²) in [5.41, 5.74) is 5.76. The molecule has 1 fully saturated rings. The van der Waals surface area contributed by atoms with Gasteiger partial charge in [-0.1, -0.05) is 80.9 Å². The topological polar surface area (TPSA) is 49.4 Å². The van der Waals surface area contributed by atoms with Crippen molar-refractivity contribution in [2.75, 3.05) is 11.9 Å². The lowest BCUT2D eigenvalue weighted by atomic mass is 9.83. The van der Waals surface area contributed by atoms with Crippen molar-refractivity contribution in [1.29, 1.82) is 0 Å². The van der Waals surface area contributed by atoms with Gasteiger partial charge in [-0.05, 0) is 67.0 Å². The number of carbonyl (C=O) groups excluding carboxylic acids is 2. The van der Waals surface area contributed by atoms with Gasteiger partial charge in [-0.2, -0.15) is 0 Å². The molecule has 0 aliphatic carbocycles. The molecule has 0 aromatic heterocycles. The van der Waals surface area contributed by atoms with Gasteiger partial charge in [0.05, 0.1) is 12.0 Å². The first kappa shape index (κ1) is 24.7. The molecule has 4 rings (SSSR count). The van der Waals surface area contributed by atoms with Crippen molar-refractivity contribution < 1.29 is 9.59 Å². The second kappa shape index (κ2) is 10.1. The molecule has 1 aliphatic heterocycles. The van der Waals surface area contributed by atoms with Crippen molar-refractivity contribution in [2.45, 2.75) is 58.9 Å². The molecule has 1 saturated heterocycles. The molecule has 182 valence electrons. The predicted molar refractivity (Wildman–Crippen MR) is 143 cm³/mol. The number of hydrogen-bond donors (Lipinski definition) is 1. The van der Waals surface area contributed by atoms with E-state index in [1.54, 1.807) is 0 Å². The summed E-state index contributed by atoms with van der Waals surface area (Å²) < 4.78 is 0. The van der Waals surface area contributed by atoms with Crippen LogP contribution in [-0.4, -0.2) is 23.3 Å². The Morgan fingerprint density at radius 3 is 2.34 bits per heavy atom.